The van der Waals surface area contributed by atoms with Gasteiger partial charge in [-0.2, -0.15) is 0 Å². The van der Waals surface area contributed by atoms with E-state index in [1.54, 1.807) is 41.5 Å². The first-order chi connectivity index (χ1) is 16.2. The SMILES string of the molecule is CC(=O)O[C@@H]1[C@@H](OC(=O)OC(C)(C)C)CN(C(=O)OC(C)(C)C)[C@@H]1Cc1ccc(OC2CC2)cc1. The third kappa shape index (κ3) is 8.33. The van der Waals surface area contributed by atoms with E-state index in [0.717, 1.165) is 24.2 Å². The Morgan fingerprint density at radius 1 is 0.914 bits per heavy atom. The molecular weight excluding hydrogens is 454 g/mol. The second-order valence-electron chi connectivity index (χ2n) is 11.1. The van der Waals surface area contributed by atoms with Gasteiger partial charge in [0, 0.05) is 6.92 Å². The van der Waals surface area contributed by atoms with Gasteiger partial charge < -0.3 is 23.7 Å². The molecule has 2 aliphatic rings. The van der Waals surface area contributed by atoms with E-state index < -0.39 is 47.7 Å². The van der Waals surface area contributed by atoms with Crippen LogP contribution in [0.5, 0.6) is 5.75 Å². The third-order valence-corrected chi connectivity index (χ3v) is 5.29. The molecule has 1 aromatic carbocycles. The number of esters is 1. The number of hydrogen-bond donors (Lipinski definition) is 0. The Hall–Kier alpha value is -2.97. The predicted molar refractivity (Wildman–Crippen MR) is 127 cm³/mol. The van der Waals surface area contributed by atoms with Gasteiger partial charge in [-0.25, -0.2) is 9.59 Å². The monoisotopic (exact) mass is 491 g/mol. The van der Waals surface area contributed by atoms with Crippen molar-refractivity contribution in [2.24, 2.45) is 0 Å². The predicted octanol–water partition coefficient (Wildman–Crippen LogP) is 4.64. The van der Waals surface area contributed by atoms with Crippen molar-refractivity contribution in [3.8, 4) is 5.75 Å². The molecule has 3 atom stereocenters. The van der Waals surface area contributed by atoms with E-state index in [0.29, 0.717) is 6.42 Å². The lowest BCUT2D eigenvalue weighted by molar-refractivity contribution is -0.153. The van der Waals surface area contributed by atoms with Gasteiger partial charge in [-0.3, -0.25) is 9.69 Å². The van der Waals surface area contributed by atoms with Crippen LogP contribution in [0.25, 0.3) is 0 Å². The van der Waals surface area contributed by atoms with E-state index >= 15 is 0 Å². The zero-order valence-electron chi connectivity index (χ0n) is 21.7. The Morgan fingerprint density at radius 2 is 1.51 bits per heavy atom. The van der Waals surface area contributed by atoms with Gasteiger partial charge in [-0.05, 0) is 78.5 Å². The normalized spacial score (nSPS) is 22.4. The fourth-order valence-corrected chi connectivity index (χ4v) is 3.79. The second kappa shape index (κ2) is 10.3. The number of likely N-dealkylation sites (tertiary alicyclic amines) is 1. The summed E-state index contributed by atoms with van der Waals surface area (Å²) in [4.78, 5) is 39.0. The van der Waals surface area contributed by atoms with Gasteiger partial charge in [0.25, 0.3) is 0 Å². The van der Waals surface area contributed by atoms with Crippen molar-refractivity contribution in [3.63, 3.8) is 0 Å². The van der Waals surface area contributed by atoms with Crippen molar-refractivity contribution in [2.75, 3.05) is 6.54 Å². The highest BCUT2D eigenvalue weighted by atomic mass is 16.7. The van der Waals surface area contributed by atoms with Crippen LogP contribution in [0.1, 0.15) is 66.9 Å². The summed E-state index contributed by atoms with van der Waals surface area (Å²) in [6.07, 6.45) is -0.504. The van der Waals surface area contributed by atoms with Crippen LogP contribution in [0, 0.1) is 0 Å². The molecule has 9 nitrogen and oxygen atoms in total. The molecule has 0 N–H and O–H groups in total. The van der Waals surface area contributed by atoms with Crippen molar-refractivity contribution < 1.29 is 38.1 Å². The molecule has 1 aliphatic heterocycles. The van der Waals surface area contributed by atoms with Crippen molar-refractivity contribution in [3.05, 3.63) is 29.8 Å². The van der Waals surface area contributed by atoms with Crippen LogP contribution >= 0.6 is 0 Å². The topological polar surface area (TPSA) is 101 Å². The first-order valence-corrected chi connectivity index (χ1v) is 12.0. The number of nitrogens with zero attached hydrogens (tertiary/aromatic N) is 1. The molecule has 1 heterocycles. The average molecular weight is 492 g/mol. The molecule has 2 fully saturated rings. The lowest BCUT2D eigenvalue weighted by atomic mass is 10.0. The smallest absolute Gasteiger partial charge is 0.490 e. The Balaban J connectivity index is 1.84. The number of amides is 1. The van der Waals surface area contributed by atoms with Crippen LogP contribution in [-0.2, 0) is 30.2 Å². The molecule has 0 aromatic heterocycles. The van der Waals surface area contributed by atoms with Gasteiger partial charge in [0.1, 0.15) is 17.0 Å². The van der Waals surface area contributed by atoms with Crippen LogP contribution < -0.4 is 4.74 Å². The quantitative estimate of drug-likeness (QED) is 0.419. The van der Waals surface area contributed by atoms with E-state index in [1.807, 2.05) is 24.3 Å². The van der Waals surface area contributed by atoms with Gasteiger partial charge in [-0.15, -0.1) is 0 Å². The largest absolute Gasteiger partial charge is 0.509 e. The molecule has 35 heavy (non-hydrogen) atoms. The number of carbonyl (C=O) groups excluding carboxylic acids is 3. The van der Waals surface area contributed by atoms with Crippen LogP contribution in [0.4, 0.5) is 9.59 Å². The summed E-state index contributed by atoms with van der Waals surface area (Å²) in [5.41, 5.74) is -0.590. The van der Waals surface area contributed by atoms with E-state index in [1.165, 1.54) is 11.8 Å². The van der Waals surface area contributed by atoms with Crippen molar-refractivity contribution in [1.29, 1.82) is 0 Å². The first kappa shape index (κ1) is 26.6. The maximum Gasteiger partial charge on any atom is 0.509 e. The molecule has 0 spiro atoms. The first-order valence-electron chi connectivity index (χ1n) is 12.0. The Morgan fingerprint density at radius 3 is 2.03 bits per heavy atom. The molecule has 1 aliphatic carbocycles. The lowest BCUT2D eigenvalue weighted by Crippen LogP contribution is -2.45. The molecule has 1 saturated heterocycles. The molecule has 3 rings (SSSR count). The van der Waals surface area contributed by atoms with E-state index in [9.17, 15) is 14.4 Å². The van der Waals surface area contributed by atoms with Gasteiger partial charge >= 0.3 is 18.2 Å². The fraction of sp³-hybridized carbons (Fsp3) is 0.654. The summed E-state index contributed by atoms with van der Waals surface area (Å²) in [7, 11) is 0. The van der Waals surface area contributed by atoms with E-state index in [4.69, 9.17) is 23.7 Å². The maximum absolute atomic E-state index is 13.1. The number of carbonyl (C=O) groups is 3. The minimum Gasteiger partial charge on any atom is -0.490 e. The fourth-order valence-electron chi connectivity index (χ4n) is 3.79. The zero-order valence-corrected chi connectivity index (χ0v) is 21.7. The molecular formula is C26H37NO8. The van der Waals surface area contributed by atoms with Crippen LogP contribution in [0.2, 0.25) is 0 Å². The van der Waals surface area contributed by atoms with E-state index in [2.05, 4.69) is 0 Å². The Labute approximate surface area is 207 Å². The maximum atomic E-state index is 13.1. The number of rotatable bonds is 6. The van der Waals surface area contributed by atoms with Crippen molar-refractivity contribution in [2.45, 2.75) is 103 Å². The lowest BCUT2D eigenvalue weighted by Gasteiger charge is -2.30. The van der Waals surface area contributed by atoms with Gasteiger partial charge in [0.2, 0.25) is 0 Å². The molecule has 0 radical (unpaired) electrons. The highest BCUT2D eigenvalue weighted by molar-refractivity contribution is 5.71. The summed E-state index contributed by atoms with van der Waals surface area (Å²) < 4.78 is 27.8. The van der Waals surface area contributed by atoms with Gasteiger partial charge in [0.15, 0.2) is 12.2 Å². The summed E-state index contributed by atoms with van der Waals surface area (Å²) in [5.74, 6) is 0.242. The highest BCUT2D eigenvalue weighted by Gasteiger charge is 2.49. The number of ether oxygens (including phenoxy) is 5. The summed E-state index contributed by atoms with van der Waals surface area (Å²) >= 11 is 0. The Bertz CT molecular complexity index is 911. The third-order valence-electron chi connectivity index (χ3n) is 5.29. The van der Waals surface area contributed by atoms with Crippen LogP contribution in [-0.4, -0.2) is 65.2 Å². The highest BCUT2D eigenvalue weighted by Crippen LogP contribution is 2.31. The standard InChI is InChI=1S/C26H37NO8/c1-16(28)31-22-20(14-17-8-10-18(11-9-17)32-19-12-13-19)27(23(29)34-25(2,3)4)15-21(22)33-24(30)35-26(5,6)7/h8-11,19-22H,12-15H2,1-7H3/t20-,21+,22+/m1/s1. The minimum atomic E-state index is -0.913. The molecule has 1 amide bonds. The second-order valence-corrected chi connectivity index (χ2v) is 11.1. The average Bonchev–Trinajstić information content (AvgIpc) is 3.44. The zero-order chi connectivity index (χ0) is 26.0. The Kier molecular flexibility index (Phi) is 7.87. The van der Waals surface area contributed by atoms with E-state index in [-0.39, 0.29) is 12.6 Å². The molecule has 9 heteroatoms. The molecule has 1 aromatic rings. The van der Waals surface area contributed by atoms with Crippen LogP contribution in [0.3, 0.4) is 0 Å². The molecule has 1 saturated carbocycles. The van der Waals surface area contributed by atoms with Crippen molar-refractivity contribution >= 4 is 18.2 Å². The van der Waals surface area contributed by atoms with Gasteiger partial charge in [-0.1, -0.05) is 12.1 Å². The molecule has 0 bridgehead atoms. The summed E-state index contributed by atoms with van der Waals surface area (Å²) in [6.45, 7) is 11.8. The minimum absolute atomic E-state index is 0.000353. The molecule has 194 valence electrons. The molecule has 0 unspecified atom stereocenters. The summed E-state index contributed by atoms with van der Waals surface area (Å²) in [5, 5.41) is 0. The summed E-state index contributed by atoms with van der Waals surface area (Å²) in [6, 6.07) is 6.98. The number of hydrogen-bond acceptors (Lipinski definition) is 8. The van der Waals surface area contributed by atoms with Gasteiger partial charge in [0.05, 0.1) is 18.7 Å². The van der Waals surface area contributed by atoms with Crippen LogP contribution in [0.15, 0.2) is 24.3 Å². The van der Waals surface area contributed by atoms with Crippen molar-refractivity contribution in [1.82, 2.24) is 4.90 Å². The number of benzene rings is 1.